The van der Waals surface area contributed by atoms with Crippen molar-refractivity contribution in [2.75, 3.05) is 6.54 Å². The predicted molar refractivity (Wildman–Crippen MR) is 88.2 cm³/mol. The zero-order valence-electron chi connectivity index (χ0n) is 12.8. The summed E-state index contributed by atoms with van der Waals surface area (Å²) >= 11 is 6.29. The molecule has 21 heavy (non-hydrogen) atoms. The van der Waals surface area contributed by atoms with Crippen molar-refractivity contribution in [3.8, 4) is 0 Å². The third-order valence-corrected chi connectivity index (χ3v) is 4.40. The Hall–Kier alpha value is -0.860. The van der Waals surface area contributed by atoms with E-state index in [0.717, 1.165) is 31.4 Å². The summed E-state index contributed by atoms with van der Waals surface area (Å²) in [5, 5.41) is 4.11. The smallest absolute Gasteiger partial charge is 0.124 e. The van der Waals surface area contributed by atoms with E-state index in [9.17, 15) is 4.39 Å². The second kappa shape index (κ2) is 8.55. The normalized spacial score (nSPS) is 20.2. The molecule has 0 heterocycles. The van der Waals surface area contributed by atoms with Crippen LogP contribution in [0, 0.1) is 5.82 Å². The van der Waals surface area contributed by atoms with Crippen LogP contribution in [-0.4, -0.2) is 6.54 Å². The Morgan fingerprint density at radius 2 is 2.05 bits per heavy atom. The number of rotatable bonds is 5. The second-order valence-electron chi connectivity index (χ2n) is 5.78. The lowest BCUT2D eigenvalue weighted by atomic mass is 9.90. The van der Waals surface area contributed by atoms with Gasteiger partial charge in [0.1, 0.15) is 5.82 Å². The van der Waals surface area contributed by atoms with E-state index in [-0.39, 0.29) is 11.9 Å². The van der Waals surface area contributed by atoms with Crippen LogP contribution in [0.25, 0.3) is 0 Å². The van der Waals surface area contributed by atoms with Crippen LogP contribution in [0.2, 0.25) is 5.02 Å². The number of benzene rings is 1. The first kappa shape index (κ1) is 16.5. The van der Waals surface area contributed by atoms with Gasteiger partial charge in [-0.15, -0.1) is 0 Å². The fourth-order valence-corrected chi connectivity index (χ4v) is 3.22. The van der Waals surface area contributed by atoms with E-state index in [4.69, 9.17) is 11.6 Å². The van der Waals surface area contributed by atoms with Gasteiger partial charge in [-0.1, -0.05) is 49.1 Å². The van der Waals surface area contributed by atoms with E-state index in [1.807, 2.05) is 6.07 Å². The maximum atomic E-state index is 13.3. The quantitative estimate of drug-likeness (QED) is 0.678. The van der Waals surface area contributed by atoms with E-state index in [0.29, 0.717) is 5.02 Å². The van der Waals surface area contributed by atoms with Crippen molar-refractivity contribution in [1.29, 1.82) is 0 Å². The summed E-state index contributed by atoms with van der Waals surface area (Å²) < 4.78 is 13.3. The summed E-state index contributed by atoms with van der Waals surface area (Å²) in [4.78, 5) is 0. The minimum absolute atomic E-state index is 0.121. The minimum atomic E-state index is -0.273. The molecule has 1 nitrogen and oxygen atoms in total. The van der Waals surface area contributed by atoms with Crippen LogP contribution in [0.5, 0.6) is 0 Å². The van der Waals surface area contributed by atoms with E-state index in [2.05, 4.69) is 18.3 Å². The van der Waals surface area contributed by atoms with Crippen molar-refractivity contribution in [1.82, 2.24) is 5.32 Å². The van der Waals surface area contributed by atoms with E-state index in [1.165, 1.54) is 43.4 Å². The topological polar surface area (TPSA) is 12.0 Å². The number of hydrogen-bond acceptors (Lipinski definition) is 1. The van der Waals surface area contributed by atoms with Gasteiger partial charge < -0.3 is 5.32 Å². The highest BCUT2D eigenvalue weighted by Crippen LogP contribution is 2.33. The molecule has 0 aromatic heterocycles. The summed E-state index contributed by atoms with van der Waals surface area (Å²) in [6.07, 6.45) is 10.8. The first-order chi connectivity index (χ1) is 10.2. The molecule has 1 aliphatic carbocycles. The maximum Gasteiger partial charge on any atom is 0.124 e. The highest BCUT2D eigenvalue weighted by Gasteiger charge is 2.19. The lowest BCUT2D eigenvalue weighted by Gasteiger charge is -2.25. The predicted octanol–water partition coefficient (Wildman–Crippen LogP) is 5.80. The van der Waals surface area contributed by atoms with Gasteiger partial charge in [-0.05, 0) is 56.3 Å². The van der Waals surface area contributed by atoms with Crippen LogP contribution in [0.1, 0.15) is 63.5 Å². The van der Waals surface area contributed by atoms with Crippen LogP contribution in [-0.2, 0) is 0 Å². The van der Waals surface area contributed by atoms with E-state index >= 15 is 0 Å². The third kappa shape index (κ3) is 4.82. The Bertz CT molecular complexity index is 484. The second-order valence-corrected chi connectivity index (χ2v) is 6.19. The SMILES string of the molecule is CCCNC(/C1=C/CCCCCC1)c1ccc(F)cc1Cl. The van der Waals surface area contributed by atoms with Crippen LogP contribution in [0.3, 0.4) is 0 Å². The van der Waals surface area contributed by atoms with Gasteiger partial charge in [-0.3, -0.25) is 0 Å². The molecule has 1 N–H and O–H groups in total. The van der Waals surface area contributed by atoms with Gasteiger partial charge in [-0.25, -0.2) is 4.39 Å². The molecule has 0 fully saturated rings. The van der Waals surface area contributed by atoms with Gasteiger partial charge >= 0.3 is 0 Å². The molecule has 0 saturated heterocycles. The average molecular weight is 310 g/mol. The average Bonchev–Trinajstić information content (AvgIpc) is 2.42. The summed E-state index contributed by atoms with van der Waals surface area (Å²) in [5.41, 5.74) is 2.41. The van der Waals surface area contributed by atoms with Crippen molar-refractivity contribution < 1.29 is 4.39 Å². The molecule has 0 spiro atoms. The minimum Gasteiger partial charge on any atom is -0.306 e. The highest BCUT2D eigenvalue weighted by molar-refractivity contribution is 6.31. The largest absolute Gasteiger partial charge is 0.306 e. The van der Waals surface area contributed by atoms with Gasteiger partial charge in [0.05, 0.1) is 6.04 Å². The Morgan fingerprint density at radius 3 is 2.81 bits per heavy atom. The van der Waals surface area contributed by atoms with Gasteiger partial charge in [0.15, 0.2) is 0 Å². The molecule has 0 amide bonds. The lowest BCUT2D eigenvalue weighted by Crippen LogP contribution is -2.24. The van der Waals surface area contributed by atoms with Crippen molar-refractivity contribution in [3.63, 3.8) is 0 Å². The summed E-state index contributed by atoms with van der Waals surface area (Å²) in [6.45, 7) is 3.10. The molecule has 1 atom stereocenters. The van der Waals surface area contributed by atoms with Gasteiger partial charge in [0.2, 0.25) is 0 Å². The highest BCUT2D eigenvalue weighted by atomic mass is 35.5. The Labute approximate surface area is 132 Å². The zero-order valence-corrected chi connectivity index (χ0v) is 13.6. The first-order valence-electron chi connectivity index (χ1n) is 8.09. The molecule has 1 aliphatic rings. The number of nitrogens with one attached hydrogen (secondary N) is 1. The van der Waals surface area contributed by atoms with Crippen LogP contribution in [0.4, 0.5) is 4.39 Å². The summed E-state index contributed by atoms with van der Waals surface area (Å²) in [6, 6.07) is 4.87. The Morgan fingerprint density at radius 1 is 1.24 bits per heavy atom. The van der Waals surface area contributed by atoms with E-state index in [1.54, 1.807) is 0 Å². The number of halogens is 2. The fourth-order valence-electron chi connectivity index (χ4n) is 2.94. The molecule has 1 aromatic carbocycles. The molecule has 0 aliphatic heterocycles. The lowest BCUT2D eigenvalue weighted by molar-refractivity contribution is 0.539. The van der Waals surface area contributed by atoms with Gasteiger partial charge in [0.25, 0.3) is 0 Å². The van der Waals surface area contributed by atoms with Crippen LogP contribution in [0.15, 0.2) is 29.8 Å². The molecule has 3 heteroatoms. The Kier molecular flexibility index (Phi) is 6.72. The molecule has 1 aromatic rings. The molecular formula is C18H25ClFN. The molecule has 0 saturated carbocycles. The first-order valence-corrected chi connectivity index (χ1v) is 8.47. The summed E-state index contributed by atoms with van der Waals surface area (Å²) in [5.74, 6) is -0.273. The number of hydrogen-bond donors (Lipinski definition) is 1. The van der Waals surface area contributed by atoms with Crippen molar-refractivity contribution in [2.45, 2.75) is 57.9 Å². The molecule has 1 unspecified atom stereocenters. The monoisotopic (exact) mass is 309 g/mol. The molecular weight excluding hydrogens is 285 g/mol. The van der Waals surface area contributed by atoms with Crippen molar-refractivity contribution in [2.24, 2.45) is 0 Å². The number of allylic oxidation sites excluding steroid dienone is 1. The van der Waals surface area contributed by atoms with E-state index < -0.39 is 0 Å². The molecule has 116 valence electrons. The van der Waals surface area contributed by atoms with Crippen molar-refractivity contribution >= 4 is 11.6 Å². The molecule has 2 rings (SSSR count). The van der Waals surface area contributed by atoms with Crippen LogP contribution >= 0.6 is 11.6 Å². The third-order valence-electron chi connectivity index (χ3n) is 4.07. The summed E-state index contributed by atoms with van der Waals surface area (Å²) in [7, 11) is 0. The molecule has 0 radical (unpaired) electrons. The van der Waals surface area contributed by atoms with Gasteiger partial charge in [0, 0.05) is 5.02 Å². The fraction of sp³-hybridized carbons (Fsp3) is 0.556. The van der Waals surface area contributed by atoms with Crippen LogP contribution < -0.4 is 5.32 Å². The standard InChI is InChI=1S/C18H25ClFN/c1-2-12-21-18(14-8-6-4-3-5-7-9-14)16-11-10-15(20)13-17(16)19/h8,10-11,13,18,21H,2-7,9,12H2,1H3/b14-8+. The maximum absolute atomic E-state index is 13.3. The molecule has 0 bridgehead atoms. The van der Waals surface area contributed by atoms with Crippen molar-refractivity contribution in [3.05, 3.63) is 46.3 Å². The Balaban J connectivity index is 2.27. The van der Waals surface area contributed by atoms with Gasteiger partial charge in [-0.2, -0.15) is 0 Å². The zero-order chi connectivity index (χ0) is 15.1.